The minimum Gasteiger partial charge on any atom is -0.376 e. The Balaban J connectivity index is 1.75. The molecular formula is C22H25ClN2O3. The summed E-state index contributed by atoms with van der Waals surface area (Å²) >= 11 is 6.03. The van der Waals surface area contributed by atoms with Crippen LogP contribution < -0.4 is 5.32 Å². The van der Waals surface area contributed by atoms with Gasteiger partial charge in [-0.2, -0.15) is 0 Å². The van der Waals surface area contributed by atoms with Gasteiger partial charge in [0.1, 0.15) is 6.54 Å². The molecular weight excluding hydrogens is 376 g/mol. The number of nitrogens with zero attached hydrogens (tertiary/aromatic N) is 1. The van der Waals surface area contributed by atoms with Crippen molar-refractivity contribution in [2.24, 2.45) is 0 Å². The maximum atomic E-state index is 13.0. The van der Waals surface area contributed by atoms with Crippen LogP contribution in [0.3, 0.4) is 0 Å². The van der Waals surface area contributed by atoms with Gasteiger partial charge in [0.25, 0.3) is 5.91 Å². The first kappa shape index (κ1) is 20.4. The zero-order valence-corrected chi connectivity index (χ0v) is 17.0. The average molecular weight is 401 g/mol. The summed E-state index contributed by atoms with van der Waals surface area (Å²) in [6.45, 7) is 4.99. The lowest BCUT2D eigenvalue weighted by Gasteiger charge is -2.25. The van der Waals surface area contributed by atoms with Crippen LogP contribution in [0.1, 0.15) is 34.3 Å². The second kappa shape index (κ2) is 9.22. The van der Waals surface area contributed by atoms with E-state index in [9.17, 15) is 9.59 Å². The minimum atomic E-state index is -0.234. The topological polar surface area (TPSA) is 58.6 Å². The molecule has 148 valence electrons. The number of hydrogen-bond acceptors (Lipinski definition) is 3. The van der Waals surface area contributed by atoms with Crippen LogP contribution in [0, 0.1) is 13.8 Å². The number of aryl methyl sites for hydroxylation is 1. The summed E-state index contributed by atoms with van der Waals surface area (Å²) in [6, 6.07) is 12.5. The van der Waals surface area contributed by atoms with E-state index in [1.54, 1.807) is 29.2 Å². The molecule has 0 radical (unpaired) electrons. The normalized spacial score (nSPS) is 16.0. The Kier molecular flexibility index (Phi) is 6.70. The van der Waals surface area contributed by atoms with Gasteiger partial charge in [0.05, 0.1) is 6.10 Å². The highest BCUT2D eigenvalue weighted by Gasteiger charge is 2.25. The lowest BCUT2D eigenvalue weighted by Crippen LogP contribution is -2.42. The molecule has 0 aromatic heterocycles. The standard InChI is InChI=1S/C22H25ClN2O3/c1-15-6-3-10-20(16(15)2)24-21(26)14-25(13-19-9-5-11-28-19)22(27)17-7-4-8-18(23)12-17/h3-4,6-8,10,12,19H,5,9,11,13-14H2,1-2H3,(H,24,26). The molecule has 2 amide bonds. The van der Waals surface area contributed by atoms with Crippen molar-refractivity contribution in [3.63, 3.8) is 0 Å². The Labute approximate surface area is 170 Å². The van der Waals surface area contributed by atoms with Crippen molar-refractivity contribution in [1.82, 2.24) is 4.90 Å². The van der Waals surface area contributed by atoms with Crippen LogP contribution in [0.25, 0.3) is 0 Å². The highest BCUT2D eigenvalue weighted by Crippen LogP contribution is 2.19. The van der Waals surface area contributed by atoms with E-state index in [4.69, 9.17) is 16.3 Å². The van der Waals surface area contributed by atoms with E-state index >= 15 is 0 Å². The van der Waals surface area contributed by atoms with Crippen LogP contribution in [-0.4, -0.2) is 42.5 Å². The molecule has 5 nitrogen and oxygen atoms in total. The van der Waals surface area contributed by atoms with Gasteiger partial charge in [-0.3, -0.25) is 9.59 Å². The maximum Gasteiger partial charge on any atom is 0.254 e. The summed E-state index contributed by atoms with van der Waals surface area (Å²) in [7, 11) is 0. The van der Waals surface area contributed by atoms with Crippen molar-refractivity contribution in [3.05, 3.63) is 64.2 Å². The highest BCUT2D eigenvalue weighted by atomic mass is 35.5. The predicted octanol–water partition coefficient (Wildman–Crippen LogP) is 4.22. The van der Waals surface area contributed by atoms with Gasteiger partial charge in [-0.1, -0.05) is 29.8 Å². The van der Waals surface area contributed by atoms with Gasteiger partial charge < -0.3 is 15.0 Å². The van der Waals surface area contributed by atoms with Crippen LogP contribution in [-0.2, 0) is 9.53 Å². The predicted molar refractivity (Wildman–Crippen MR) is 111 cm³/mol. The largest absolute Gasteiger partial charge is 0.376 e. The number of rotatable bonds is 6. The third-order valence-electron chi connectivity index (χ3n) is 5.02. The number of benzene rings is 2. The van der Waals surface area contributed by atoms with E-state index in [1.807, 2.05) is 32.0 Å². The van der Waals surface area contributed by atoms with Crippen LogP contribution in [0.15, 0.2) is 42.5 Å². The first-order valence-corrected chi connectivity index (χ1v) is 9.84. The molecule has 2 aromatic carbocycles. The monoisotopic (exact) mass is 400 g/mol. The van der Waals surface area contributed by atoms with Crippen molar-refractivity contribution in [3.8, 4) is 0 Å². The summed E-state index contributed by atoms with van der Waals surface area (Å²) in [5.74, 6) is -0.462. The number of amides is 2. The molecule has 1 saturated heterocycles. The lowest BCUT2D eigenvalue weighted by atomic mass is 10.1. The van der Waals surface area contributed by atoms with Crippen molar-refractivity contribution in [2.45, 2.75) is 32.8 Å². The molecule has 1 atom stereocenters. The fourth-order valence-electron chi connectivity index (χ4n) is 3.31. The number of carbonyl (C=O) groups is 2. The number of nitrogens with one attached hydrogen (secondary N) is 1. The highest BCUT2D eigenvalue weighted by molar-refractivity contribution is 6.31. The molecule has 1 aliphatic heterocycles. The minimum absolute atomic E-state index is 0.0431. The Bertz CT molecular complexity index is 863. The molecule has 3 rings (SSSR count). The van der Waals surface area contributed by atoms with E-state index in [-0.39, 0.29) is 24.5 Å². The number of ether oxygens (including phenoxy) is 1. The maximum absolute atomic E-state index is 13.0. The van der Waals surface area contributed by atoms with Gasteiger partial charge in [-0.15, -0.1) is 0 Å². The molecule has 6 heteroatoms. The smallest absolute Gasteiger partial charge is 0.254 e. The Morgan fingerprint density at radius 1 is 1.21 bits per heavy atom. The number of anilines is 1. The van der Waals surface area contributed by atoms with Gasteiger partial charge in [0, 0.05) is 29.4 Å². The molecule has 0 saturated carbocycles. The molecule has 1 N–H and O–H groups in total. The Morgan fingerprint density at radius 3 is 2.71 bits per heavy atom. The molecule has 0 aliphatic carbocycles. The van der Waals surface area contributed by atoms with Crippen molar-refractivity contribution in [2.75, 3.05) is 25.0 Å². The summed E-state index contributed by atoms with van der Waals surface area (Å²) in [5, 5.41) is 3.41. The molecule has 28 heavy (non-hydrogen) atoms. The second-order valence-electron chi connectivity index (χ2n) is 7.13. The molecule has 1 heterocycles. The van der Waals surface area contributed by atoms with Crippen molar-refractivity contribution in [1.29, 1.82) is 0 Å². The summed E-state index contributed by atoms with van der Waals surface area (Å²) in [4.78, 5) is 27.3. The lowest BCUT2D eigenvalue weighted by molar-refractivity contribution is -0.117. The van der Waals surface area contributed by atoms with E-state index < -0.39 is 0 Å². The van der Waals surface area contributed by atoms with E-state index in [2.05, 4.69) is 5.32 Å². The number of hydrogen-bond donors (Lipinski definition) is 1. The molecule has 1 unspecified atom stereocenters. The van der Waals surface area contributed by atoms with Gasteiger partial charge in [0.15, 0.2) is 0 Å². The van der Waals surface area contributed by atoms with E-state index in [0.29, 0.717) is 23.7 Å². The SMILES string of the molecule is Cc1cccc(NC(=O)CN(CC2CCCO2)C(=O)c2cccc(Cl)c2)c1C. The zero-order chi connectivity index (χ0) is 20.1. The summed E-state index contributed by atoms with van der Waals surface area (Å²) in [5.41, 5.74) is 3.34. The van der Waals surface area contributed by atoms with Crippen LogP contribution >= 0.6 is 11.6 Å². The Morgan fingerprint density at radius 2 is 2.00 bits per heavy atom. The third kappa shape index (κ3) is 5.12. The molecule has 0 bridgehead atoms. The van der Waals surface area contributed by atoms with Crippen LogP contribution in [0.4, 0.5) is 5.69 Å². The van der Waals surface area contributed by atoms with Gasteiger partial charge in [-0.25, -0.2) is 0 Å². The fraction of sp³-hybridized carbons (Fsp3) is 0.364. The zero-order valence-electron chi connectivity index (χ0n) is 16.2. The van der Waals surface area contributed by atoms with Gasteiger partial charge >= 0.3 is 0 Å². The van der Waals surface area contributed by atoms with Gasteiger partial charge in [0.2, 0.25) is 5.91 Å². The first-order chi connectivity index (χ1) is 13.4. The van der Waals surface area contributed by atoms with Crippen LogP contribution in [0.2, 0.25) is 5.02 Å². The van der Waals surface area contributed by atoms with E-state index in [1.165, 1.54) is 0 Å². The molecule has 0 spiro atoms. The third-order valence-corrected chi connectivity index (χ3v) is 5.26. The molecule has 1 fully saturated rings. The number of halogens is 1. The summed E-state index contributed by atoms with van der Waals surface area (Å²) < 4.78 is 5.68. The van der Waals surface area contributed by atoms with Gasteiger partial charge in [-0.05, 0) is 62.1 Å². The van der Waals surface area contributed by atoms with Crippen molar-refractivity contribution < 1.29 is 14.3 Å². The first-order valence-electron chi connectivity index (χ1n) is 9.46. The van der Waals surface area contributed by atoms with Crippen molar-refractivity contribution >= 4 is 29.1 Å². The summed E-state index contributed by atoms with van der Waals surface area (Å²) in [6.07, 6.45) is 1.81. The van der Waals surface area contributed by atoms with E-state index in [0.717, 1.165) is 29.7 Å². The fourth-order valence-corrected chi connectivity index (χ4v) is 3.50. The van der Waals surface area contributed by atoms with Crippen LogP contribution in [0.5, 0.6) is 0 Å². The molecule has 2 aromatic rings. The number of carbonyl (C=O) groups excluding carboxylic acids is 2. The average Bonchev–Trinajstić information content (AvgIpc) is 3.17. The quantitative estimate of drug-likeness (QED) is 0.789. The Hall–Kier alpha value is -2.37. The molecule has 1 aliphatic rings. The second-order valence-corrected chi connectivity index (χ2v) is 7.56.